The zero-order chi connectivity index (χ0) is 13.3. The third-order valence-corrected chi connectivity index (χ3v) is 2.74. The highest BCUT2D eigenvalue weighted by atomic mass is 79.9. The maximum absolute atomic E-state index is 10.6. The van der Waals surface area contributed by atoms with Gasteiger partial charge in [0.2, 0.25) is 0 Å². The average Bonchev–Trinajstić information content (AvgIpc) is 2.77. The van der Waals surface area contributed by atoms with E-state index in [0.29, 0.717) is 5.69 Å². The molecule has 0 aliphatic heterocycles. The Morgan fingerprint density at radius 3 is 2.72 bits per heavy atom. The second kappa shape index (κ2) is 4.53. The summed E-state index contributed by atoms with van der Waals surface area (Å²) in [5.41, 5.74) is 0.175. The lowest BCUT2D eigenvalue weighted by Gasteiger charge is -2.01. The van der Waals surface area contributed by atoms with E-state index in [4.69, 9.17) is 5.11 Å². The predicted molar refractivity (Wildman–Crippen MR) is 62.7 cm³/mol. The van der Waals surface area contributed by atoms with E-state index in [0.717, 1.165) is 0 Å². The van der Waals surface area contributed by atoms with Gasteiger partial charge in [-0.2, -0.15) is 0 Å². The lowest BCUT2D eigenvalue weighted by atomic mass is 10.3. The summed E-state index contributed by atoms with van der Waals surface area (Å²) in [5, 5.41) is 26.4. The Balaban J connectivity index is 2.42. The average molecular weight is 313 g/mol. The van der Waals surface area contributed by atoms with Crippen LogP contribution in [0.4, 0.5) is 5.69 Å². The van der Waals surface area contributed by atoms with Crippen LogP contribution in [0.25, 0.3) is 5.69 Å². The van der Waals surface area contributed by atoms with Gasteiger partial charge < -0.3 is 5.11 Å². The molecular formula is C9H5BrN4O4. The van der Waals surface area contributed by atoms with Crippen molar-refractivity contribution in [3.8, 4) is 5.69 Å². The number of benzene rings is 1. The van der Waals surface area contributed by atoms with Crippen LogP contribution in [0.15, 0.2) is 28.9 Å². The Morgan fingerprint density at radius 2 is 2.22 bits per heavy atom. The maximum atomic E-state index is 10.6. The molecule has 2 rings (SSSR count). The number of nitro groups is 1. The van der Waals surface area contributed by atoms with Crippen LogP contribution in [-0.2, 0) is 0 Å². The van der Waals surface area contributed by atoms with Crippen molar-refractivity contribution in [3.63, 3.8) is 0 Å². The van der Waals surface area contributed by atoms with Gasteiger partial charge in [0, 0.05) is 6.07 Å². The number of aromatic nitrogens is 3. The van der Waals surface area contributed by atoms with Crippen molar-refractivity contribution >= 4 is 27.6 Å². The summed E-state index contributed by atoms with van der Waals surface area (Å²) in [6.07, 6.45) is 1.22. The molecule has 0 unspecified atom stereocenters. The first-order chi connectivity index (χ1) is 8.49. The minimum atomic E-state index is -1.19. The number of rotatable bonds is 3. The molecule has 1 aromatic heterocycles. The summed E-state index contributed by atoms with van der Waals surface area (Å²) in [6.45, 7) is 0. The Labute approximate surface area is 108 Å². The van der Waals surface area contributed by atoms with Gasteiger partial charge in [0.1, 0.15) is 0 Å². The quantitative estimate of drug-likeness (QED) is 0.681. The summed E-state index contributed by atoms with van der Waals surface area (Å²) < 4.78 is 1.50. The van der Waals surface area contributed by atoms with Gasteiger partial charge >= 0.3 is 5.97 Å². The molecule has 0 fully saturated rings. The maximum Gasteiger partial charge on any atom is 0.358 e. The van der Waals surface area contributed by atoms with Gasteiger partial charge in [-0.25, -0.2) is 9.48 Å². The Morgan fingerprint density at radius 1 is 1.50 bits per heavy atom. The van der Waals surface area contributed by atoms with Gasteiger partial charge in [-0.3, -0.25) is 10.1 Å². The second-order valence-corrected chi connectivity index (χ2v) is 4.10. The Kier molecular flexibility index (Phi) is 3.06. The van der Waals surface area contributed by atoms with E-state index >= 15 is 0 Å². The van der Waals surface area contributed by atoms with Crippen molar-refractivity contribution in [1.29, 1.82) is 0 Å². The molecule has 92 valence electrons. The number of carboxylic acid groups (broad SMARTS) is 1. The number of aromatic carboxylic acids is 1. The van der Waals surface area contributed by atoms with Crippen LogP contribution < -0.4 is 0 Å². The van der Waals surface area contributed by atoms with Gasteiger partial charge in [-0.15, -0.1) is 5.10 Å². The third-order valence-electron chi connectivity index (χ3n) is 2.11. The van der Waals surface area contributed by atoms with Crippen molar-refractivity contribution in [3.05, 3.63) is 44.7 Å². The molecule has 0 amide bonds. The highest BCUT2D eigenvalue weighted by Gasteiger charge is 2.14. The molecule has 0 radical (unpaired) electrons. The van der Waals surface area contributed by atoms with Gasteiger partial charge in [0.25, 0.3) is 5.69 Å². The summed E-state index contributed by atoms with van der Waals surface area (Å²) >= 11 is 3.06. The molecule has 1 aromatic carbocycles. The highest BCUT2D eigenvalue weighted by molar-refractivity contribution is 9.10. The number of nitrogens with zero attached hydrogens (tertiary/aromatic N) is 4. The SMILES string of the molecule is O=C(O)c1cn(-c2ccc([N+](=O)[O-])c(Br)c2)nn1. The number of carboxylic acids is 1. The molecule has 9 heteroatoms. The van der Waals surface area contributed by atoms with E-state index < -0.39 is 10.9 Å². The summed E-state index contributed by atoms with van der Waals surface area (Å²) in [5.74, 6) is -1.19. The first-order valence-corrected chi connectivity index (χ1v) is 5.38. The zero-order valence-corrected chi connectivity index (χ0v) is 10.2. The standard InChI is InChI=1S/C9H5BrN4O4/c10-6-3-5(1-2-8(6)14(17)18)13-4-7(9(15)16)11-12-13/h1-4H,(H,15,16). The smallest absolute Gasteiger partial charge is 0.358 e. The van der Waals surface area contributed by atoms with E-state index in [1.807, 2.05) is 0 Å². The molecule has 0 saturated heterocycles. The Hall–Kier alpha value is -2.29. The summed E-state index contributed by atoms with van der Waals surface area (Å²) in [6, 6.07) is 4.20. The number of halogens is 1. The van der Waals surface area contributed by atoms with Gasteiger partial charge in [-0.05, 0) is 28.1 Å². The molecule has 0 bridgehead atoms. The number of carbonyl (C=O) groups is 1. The van der Waals surface area contributed by atoms with E-state index in [1.165, 1.54) is 29.1 Å². The minimum absolute atomic E-state index is 0.0858. The van der Waals surface area contributed by atoms with Crippen LogP contribution in [0.1, 0.15) is 10.5 Å². The molecule has 0 aliphatic rings. The fourth-order valence-corrected chi connectivity index (χ4v) is 1.79. The van der Waals surface area contributed by atoms with Crippen LogP contribution >= 0.6 is 15.9 Å². The molecule has 1 heterocycles. The van der Waals surface area contributed by atoms with Crippen LogP contribution in [-0.4, -0.2) is 31.0 Å². The molecular weight excluding hydrogens is 308 g/mol. The van der Waals surface area contributed by atoms with E-state index in [1.54, 1.807) is 0 Å². The van der Waals surface area contributed by atoms with E-state index in [-0.39, 0.29) is 15.9 Å². The fraction of sp³-hybridized carbons (Fsp3) is 0. The van der Waals surface area contributed by atoms with Crippen LogP contribution in [0.3, 0.4) is 0 Å². The Bertz CT molecular complexity index is 639. The minimum Gasteiger partial charge on any atom is -0.476 e. The van der Waals surface area contributed by atoms with E-state index in [9.17, 15) is 14.9 Å². The molecule has 1 N–H and O–H groups in total. The number of hydrogen-bond acceptors (Lipinski definition) is 5. The highest BCUT2D eigenvalue weighted by Crippen LogP contribution is 2.26. The van der Waals surface area contributed by atoms with Crippen LogP contribution in [0.2, 0.25) is 0 Å². The predicted octanol–water partition coefficient (Wildman–Crippen LogP) is 1.64. The summed E-state index contributed by atoms with van der Waals surface area (Å²) in [4.78, 5) is 20.7. The third kappa shape index (κ3) is 2.20. The lowest BCUT2D eigenvalue weighted by molar-refractivity contribution is -0.385. The molecule has 0 saturated carbocycles. The fourth-order valence-electron chi connectivity index (χ4n) is 1.27. The van der Waals surface area contributed by atoms with E-state index in [2.05, 4.69) is 26.2 Å². The summed E-state index contributed by atoms with van der Waals surface area (Å²) in [7, 11) is 0. The first-order valence-electron chi connectivity index (χ1n) is 4.59. The molecule has 0 aliphatic carbocycles. The number of nitro benzene ring substituents is 1. The molecule has 18 heavy (non-hydrogen) atoms. The molecule has 0 atom stereocenters. The van der Waals surface area contributed by atoms with Gasteiger partial charge in [0.15, 0.2) is 5.69 Å². The van der Waals surface area contributed by atoms with Crippen LogP contribution in [0, 0.1) is 10.1 Å². The zero-order valence-electron chi connectivity index (χ0n) is 8.65. The molecule has 8 nitrogen and oxygen atoms in total. The normalized spacial score (nSPS) is 10.3. The second-order valence-electron chi connectivity index (χ2n) is 3.25. The van der Waals surface area contributed by atoms with Crippen molar-refractivity contribution < 1.29 is 14.8 Å². The first kappa shape index (κ1) is 12.2. The van der Waals surface area contributed by atoms with Crippen LogP contribution in [0.5, 0.6) is 0 Å². The van der Waals surface area contributed by atoms with Crippen molar-refractivity contribution in [1.82, 2.24) is 15.0 Å². The largest absolute Gasteiger partial charge is 0.476 e. The van der Waals surface area contributed by atoms with Crippen molar-refractivity contribution in [2.45, 2.75) is 0 Å². The van der Waals surface area contributed by atoms with Crippen molar-refractivity contribution in [2.75, 3.05) is 0 Å². The monoisotopic (exact) mass is 312 g/mol. The lowest BCUT2D eigenvalue weighted by Crippen LogP contribution is -1.97. The molecule has 2 aromatic rings. The van der Waals surface area contributed by atoms with Gasteiger partial charge in [0.05, 0.1) is 21.3 Å². The molecule has 0 spiro atoms. The van der Waals surface area contributed by atoms with Gasteiger partial charge in [-0.1, -0.05) is 5.21 Å². The number of hydrogen-bond donors (Lipinski definition) is 1. The van der Waals surface area contributed by atoms with Crippen molar-refractivity contribution in [2.24, 2.45) is 0 Å². The topological polar surface area (TPSA) is 111 Å².